The molecule has 0 saturated carbocycles. The van der Waals surface area contributed by atoms with Gasteiger partial charge in [-0.3, -0.25) is 9.59 Å². The molecule has 6 heteroatoms. The monoisotopic (exact) mass is 370 g/mol. The van der Waals surface area contributed by atoms with Crippen molar-refractivity contribution in [3.05, 3.63) is 54.1 Å². The number of fused-ring (bicyclic) bond motifs is 1. The zero-order valence-corrected chi connectivity index (χ0v) is 15.6. The zero-order valence-electron chi connectivity index (χ0n) is 14.8. The predicted octanol–water partition coefficient (Wildman–Crippen LogP) is 3.77. The summed E-state index contributed by atoms with van der Waals surface area (Å²) in [5.41, 5.74) is 1.77. The maximum Gasteiger partial charge on any atom is 0.238 e. The largest absolute Gasteiger partial charge is 0.494 e. The second-order valence-electron chi connectivity index (χ2n) is 6.09. The van der Waals surface area contributed by atoms with Crippen molar-refractivity contribution in [2.75, 3.05) is 11.9 Å². The van der Waals surface area contributed by atoms with Gasteiger partial charge in [0.1, 0.15) is 5.75 Å². The first-order chi connectivity index (χ1) is 12.6. The van der Waals surface area contributed by atoms with E-state index < -0.39 is 5.25 Å². The lowest BCUT2D eigenvalue weighted by Crippen LogP contribution is -2.35. The summed E-state index contributed by atoms with van der Waals surface area (Å²) in [6, 6.07) is 15.1. The molecule has 1 aliphatic rings. The van der Waals surface area contributed by atoms with Gasteiger partial charge in [0.25, 0.3) is 0 Å². The molecule has 2 atom stereocenters. The molecule has 2 N–H and O–H groups in total. The van der Waals surface area contributed by atoms with E-state index in [1.807, 2.05) is 62.4 Å². The van der Waals surface area contributed by atoms with E-state index in [1.54, 1.807) is 0 Å². The highest BCUT2D eigenvalue weighted by molar-refractivity contribution is 8.01. The van der Waals surface area contributed by atoms with Crippen LogP contribution in [0.2, 0.25) is 0 Å². The van der Waals surface area contributed by atoms with Crippen LogP contribution in [-0.2, 0) is 9.59 Å². The van der Waals surface area contributed by atoms with Crippen molar-refractivity contribution in [3.63, 3.8) is 0 Å². The van der Waals surface area contributed by atoms with E-state index in [2.05, 4.69) is 10.6 Å². The van der Waals surface area contributed by atoms with E-state index >= 15 is 0 Å². The number of para-hydroxylation sites is 1. The topological polar surface area (TPSA) is 67.4 Å². The van der Waals surface area contributed by atoms with E-state index in [1.165, 1.54) is 11.8 Å². The highest BCUT2D eigenvalue weighted by atomic mass is 32.2. The van der Waals surface area contributed by atoms with Gasteiger partial charge in [0, 0.05) is 11.3 Å². The van der Waals surface area contributed by atoms with Gasteiger partial charge in [-0.2, -0.15) is 0 Å². The maximum absolute atomic E-state index is 12.4. The van der Waals surface area contributed by atoms with Gasteiger partial charge >= 0.3 is 0 Å². The van der Waals surface area contributed by atoms with Gasteiger partial charge in [-0.25, -0.2) is 0 Å². The first-order valence-electron chi connectivity index (χ1n) is 8.65. The zero-order chi connectivity index (χ0) is 18.5. The number of carbonyl (C=O) groups is 2. The molecular formula is C20H22N2O3S. The average molecular weight is 370 g/mol. The predicted molar refractivity (Wildman–Crippen MR) is 104 cm³/mol. The van der Waals surface area contributed by atoms with Gasteiger partial charge in [0.15, 0.2) is 0 Å². The Kier molecular flexibility index (Phi) is 5.83. The minimum Gasteiger partial charge on any atom is -0.494 e. The summed E-state index contributed by atoms with van der Waals surface area (Å²) >= 11 is 1.43. The van der Waals surface area contributed by atoms with Crippen LogP contribution in [0.3, 0.4) is 0 Å². The number of nitrogens with one attached hydrogen (secondary N) is 2. The Hall–Kier alpha value is -2.47. The molecule has 0 unspecified atom stereocenters. The van der Waals surface area contributed by atoms with Crippen LogP contribution >= 0.6 is 11.8 Å². The van der Waals surface area contributed by atoms with E-state index in [0.29, 0.717) is 6.61 Å². The minimum absolute atomic E-state index is 0.130. The molecule has 0 radical (unpaired) electrons. The van der Waals surface area contributed by atoms with E-state index in [-0.39, 0.29) is 24.3 Å². The molecule has 2 aromatic carbocycles. The van der Waals surface area contributed by atoms with E-state index in [0.717, 1.165) is 21.9 Å². The third-order valence-electron chi connectivity index (χ3n) is 4.12. The van der Waals surface area contributed by atoms with Gasteiger partial charge in [0.2, 0.25) is 11.8 Å². The normalized spacial score (nSPS) is 17.0. The van der Waals surface area contributed by atoms with Crippen LogP contribution in [0.5, 0.6) is 5.75 Å². The summed E-state index contributed by atoms with van der Waals surface area (Å²) in [6.45, 7) is 4.45. The standard InChI is InChI=1S/C20H22N2O3S/c1-3-25-15-8-6-7-14(11-15)13(2)21-19(23)12-18-20(24)22-16-9-4-5-10-17(16)26-18/h4-11,13,18H,3,12H2,1-2H3,(H,21,23)(H,22,24)/t13-,18-/m1/s1. The smallest absolute Gasteiger partial charge is 0.238 e. The average Bonchev–Trinajstić information content (AvgIpc) is 2.63. The molecule has 0 spiro atoms. The van der Waals surface area contributed by atoms with Gasteiger partial charge in [0.05, 0.1) is 23.6 Å². The maximum atomic E-state index is 12.4. The Morgan fingerprint density at radius 2 is 2.08 bits per heavy atom. The van der Waals surface area contributed by atoms with Gasteiger partial charge in [-0.1, -0.05) is 24.3 Å². The second-order valence-corrected chi connectivity index (χ2v) is 7.34. The summed E-state index contributed by atoms with van der Waals surface area (Å²) in [4.78, 5) is 25.7. The van der Waals surface area contributed by atoms with E-state index in [4.69, 9.17) is 4.74 Å². The van der Waals surface area contributed by atoms with Gasteiger partial charge < -0.3 is 15.4 Å². The molecule has 1 aliphatic heterocycles. The molecule has 0 aromatic heterocycles. The molecular weight excluding hydrogens is 348 g/mol. The number of rotatable bonds is 6. The van der Waals surface area contributed by atoms with Crippen molar-refractivity contribution >= 4 is 29.3 Å². The van der Waals surface area contributed by atoms with Crippen LogP contribution in [0.25, 0.3) is 0 Å². The SMILES string of the molecule is CCOc1cccc([C@@H](C)NC(=O)C[C@H]2Sc3ccccc3NC2=O)c1. The highest BCUT2D eigenvalue weighted by Crippen LogP contribution is 2.36. The molecule has 5 nitrogen and oxygen atoms in total. The number of hydrogen-bond acceptors (Lipinski definition) is 4. The number of benzene rings is 2. The molecule has 1 heterocycles. The molecule has 2 amide bonds. The van der Waals surface area contributed by atoms with Crippen molar-refractivity contribution in [3.8, 4) is 5.75 Å². The summed E-state index contributed by atoms with van der Waals surface area (Å²) in [6.07, 6.45) is 0.139. The molecule has 0 aliphatic carbocycles. The van der Waals surface area contributed by atoms with Crippen molar-refractivity contribution in [1.29, 1.82) is 0 Å². The Balaban J connectivity index is 1.60. The molecule has 136 valence electrons. The Labute approximate surface area is 157 Å². The van der Waals surface area contributed by atoms with Crippen molar-refractivity contribution in [2.45, 2.75) is 36.5 Å². The lowest BCUT2D eigenvalue weighted by molar-refractivity contribution is -0.124. The Bertz CT molecular complexity index is 809. The number of anilines is 1. The lowest BCUT2D eigenvalue weighted by Gasteiger charge is -2.24. The lowest BCUT2D eigenvalue weighted by atomic mass is 10.1. The summed E-state index contributed by atoms with van der Waals surface area (Å²) in [5, 5.41) is 5.41. The summed E-state index contributed by atoms with van der Waals surface area (Å²) in [7, 11) is 0. The van der Waals surface area contributed by atoms with Crippen LogP contribution in [0.15, 0.2) is 53.4 Å². The van der Waals surface area contributed by atoms with Crippen LogP contribution in [0, 0.1) is 0 Å². The van der Waals surface area contributed by atoms with Crippen LogP contribution in [0.4, 0.5) is 5.69 Å². The van der Waals surface area contributed by atoms with Gasteiger partial charge in [-0.15, -0.1) is 11.8 Å². The van der Waals surface area contributed by atoms with Crippen LogP contribution in [0.1, 0.15) is 31.9 Å². The molecule has 26 heavy (non-hydrogen) atoms. The second kappa shape index (κ2) is 8.27. The first kappa shape index (κ1) is 18.3. The fraction of sp³-hybridized carbons (Fsp3) is 0.300. The van der Waals surface area contributed by atoms with Gasteiger partial charge in [-0.05, 0) is 43.7 Å². The molecule has 0 bridgehead atoms. The quantitative estimate of drug-likeness (QED) is 0.812. The molecule has 0 fully saturated rings. The van der Waals surface area contributed by atoms with Crippen molar-refractivity contribution in [1.82, 2.24) is 5.32 Å². The minimum atomic E-state index is -0.424. The van der Waals surface area contributed by atoms with Crippen molar-refractivity contribution < 1.29 is 14.3 Å². The summed E-state index contributed by atoms with van der Waals surface area (Å²) in [5.74, 6) is 0.506. The van der Waals surface area contributed by atoms with Crippen LogP contribution < -0.4 is 15.4 Å². The number of ether oxygens (including phenoxy) is 1. The van der Waals surface area contributed by atoms with E-state index in [9.17, 15) is 9.59 Å². The third-order valence-corrected chi connectivity index (χ3v) is 5.40. The fourth-order valence-electron chi connectivity index (χ4n) is 2.82. The fourth-order valence-corrected chi connectivity index (χ4v) is 3.93. The van der Waals surface area contributed by atoms with Crippen molar-refractivity contribution in [2.24, 2.45) is 0 Å². The highest BCUT2D eigenvalue weighted by Gasteiger charge is 2.29. The number of thioether (sulfide) groups is 1. The molecule has 0 saturated heterocycles. The molecule has 3 rings (SSSR count). The third kappa shape index (κ3) is 4.38. The number of hydrogen-bond donors (Lipinski definition) is 2. The summed E-state index contributed by atoms with van der Waals surface area (Å²) < 4.78 is 5.50. The first-order valence-corrected chi connectivity index (χ1v) is 9.53. The number of carbonyl (C=O) groups excluding carboxylic acids is 2. The molecule has 2 aromatic rings. The van der Waals surface area contributed by atoms with Crippen LogP contribution in [-0.4, -0.2) is 23.7 Å². The Morgan fingerprint density at radius 1 is 1.27 bits per heavy atom. The number of amides is 2. The Morgan fingerprint density at radius 3 is 2.88 bits per heavy atom.